The second kappa shape index (κ2) is 9.56. The first-order chi connectivity index (χ1) is 15.3. The van der Waals surface area contributed by atoms with Gasteiger partial charge in [-0.2, -0.15) is 0 Å². The van der Waals surface area contributed by atoms with Crippen molar-refractivity contribution in [3.8, 4) is 5.69 Å². The molecule has 2 radical (unpaired) electrons. The fourth-order valence-electron chi connectivity index (χ4n) is 3.64. The molecule has 162 valence electrons. The van der Waals surface area contributed by atoms with Gasteiger partial charge >= 0.3 is 196 Å². The number of fused-ring (bicyclic) bond motifs is 1. The van der Waals surface area contributed by atoms with E-state index < -0.39 is 5.82 Å². The normalized spacial score (nSPS) is 12.4. The molecule has 2 heterocycles. The Hall–Kier alpha value is -2.49. The van der Waals surface area contributed by atoms with Crippen molar-refractivity contribution in [2.45, 2.75) is 31.4 Å². The van der Waals surface area contributed by atoms with Crippen LogP contribution < -0.4 is 5.56 Å². The van der Waals surface area contributed by atoms with Crippen molar-refractivity contribution < 1.29 is 4.39 Å². The van der Waals surface area contributed by atoms with E-state index >= 15 is 0 Å². The minimum atomic E-state index is -0.478. The van der Waals surface area contributed by atoms with E-state index in [0.717, 1.165) is 11.4 Å². The Bertz CT molecular complexity index is 1340. The molecule has 0 amide bonds. The van der Waals surface area contributed by atoms with Gasteiger partial charge in [0.2, 0.25) is 0 Å². The SMILES string of the molecule is CC(C)C([As])c1cccc(CCc2nc3ccc(F)cc3c(=O)n2-c2ccccc2Cl)n1. The number of hydrogen-bond acceptors (Lipinski definition) is 3. The number of pyridine rings is 1. The monoisotopic (exact) mass is 509 g/mol. The van der Waals surface area contributed by atoms with Crippen LogP contribution in [0.4, 0.5) is 4.39 Å². The van der Waals surface area contributed by atoms with Crippen molar-refractivity contribution in [3.63, 3.8) is 0 Å². The summed E-state index contributed by atoms with van der Waals surface area (Å²) in [6.07, 6.45) is 1.09. The van der Waals surface area contributed by atoms with Gasteiger partial charge in [0.1, 0.15) is 0 Å². The zero-order valence-electron chi connectivity index (χ0n) is 17.8. The number of aryl methyl sites for hydroxylation is 2. The predicted octanol–water partition coefficient (Wildman–Crippen LogP) is 5.22. The third-order valence-corrected chi connectivity index (χ3v) is 7.49. The number of nitrogens with zero attached hydrogens (tertiary/aromatic N) is 3. The summed E-state index contributed by atoms with van der Waals surface area (Å²) >= 11 is 9.10. The molecule has 0 saturated heterocycles. The average molecular weight is 510 g/mol. The zero-order chi connectivity index (χ0) is 22.8. The van der Waals surface area contributed by atoms with Gasteiger partial charge in [-0.3, -0.25) is 0 Å². The van der Waals surface area contributed by atoms with Crippen molar-refractivity contribution in [2.24, 2.45) is 5.92 Å². The Morgan fingerprint density at radius 1 is 1.03 bits per heavy atom. The molecule has 0 aliphatic rings. The van der Waals surface area contributed by atoms with Gasteiger partial charge in [0.15, 0.2) is 0 Å². The molecule has 2 aromatic heterocycles. The second-order valence-electron chi connectivity index (χ2n) is 8.02. The minimum absolute atomic E-state index is 0.220. The van der Waals surface area contributed by atoms with E-state index in [1.165, 1.54) is 22.8 Å². The van der Waals surface area contributed by atoms with E-state index in [9.17, 15) is 9.18 Å². The third-order valence-electron chi connectivity index (χ3n) is 5.36. The van der Waals surface area contributed by atoms with Crippen LogP contribution in [0.25, 0.3) is 16.6 Å². The van der Waals surface area contributed by atoms with E-state index in [-0.39, 0.29) is 15.7 Å². The summed E-state index contributed by atoms with van der Waals surface area (Å²) < 4.78 is 15.6. The maximum absolute atomic E-state index is 13.8. The van der Waals surface area contributed by atoms with Crippen LogP contribution in [0, 0.1) is 11.7 Å². The van der Waals surface area contributed by atoms with Crippen LogP contribution in [0.5, 0.6) is 0 Å². The molecule has 2 aromatic carbocycles. The molecular weight excluding hydrogens is 488 g/mol. The zero-order valence-corrected chi connectivity index (χ0v) is 20.4. The van der Waals surface area contributed by atoms with Gasteiger partial charge in [0.25, 0.3) is 0 Å². The van der Waals surface area contributed by atoms with Crippen LogP contribution in [0.3, 0.4) is 0 Å². The van der Waals surface area contributed by atoms with E-state index in [1.54, 1.807) is 18.2 Å². The second-order valence-corrected chi connectivity index (χ2v) is 9.60. The molecule has 0 N–H and O–H groups in total. The summed E-state index contributed by atoms with van der Waals surface area (Å²) in [4.78, 5) is 22.9. The summed E-state index contributed by atoms with van der Waals surface area (Å²) in [5.74, 6) is 0.543. The molecule has 0 saturated carbocycles. The number of para-hydroxylation sites is 1. The number of rotatable bonds is 6. The molecular formula is C25H22AsClFN3O. The van der Waals surface area contributed by atoms with Crippen LogP contribution in [0.15, 0.2) is 65.5 Å². The maximum atomic E-state index is 13.8. The van der Waals surface area contributed by atoms with Crippen LogP contribution in [0.1, 0.15) is 35.8 Å². The fraction of sp³-hybridized carbons (Fsp3) is 0.240. The van der Waals surface area contributed by atoms with E-state index in [4.69, 9.17) is 21.6 Å². The van der Waals surface area contributed by atoms with Gasteiger partial charge in [0, 0.05) is 0 Å². The van der Waals surface area contributed by atoms with Gasteiger partial charge in [-0.05, 0) is 0 Å². The number of halogens is 2. The third kappa shape index (κ3) is 4.65. The molecule has 1 atom stereocenters. The number of benzene rings is 2. The van der Waals surface area contributed by atoms with Crippen molar-refractivity contribution in [1.82, 2.24) is 14.5 Å². The summed E-state index contributed by atoms with van der Waals surface area (Å²) in [5.41, 5.74) is 2.61. The topological polar surface area (TPSA) is 47.8 Å². The molecule has 4 aromatic rings. The summed E-state index contributed by atoms with van der Waals surface area (Å²) in [6, 6.07) is 17.2. The number of aromatic nitrogens is 3. The molecule has 0 aliphatic carbocycles. The predicted molar refractivity (Wildman–Crippen MR) is 127 cm³/mol. The Morgan fingerprint density at radius 2 is 1.81 bits per heavy atom. The first-order valence-electron chi connectivity index (χ1n) is 10.4. The molecule has 4 nitrogen and oxygen atoms in total. The fourth-order valence-corrected chi connectivity index (χ4v) is 4.16. The molecule has 0 aliphatic heterocycles. The summed E-state index contributed by atoms with van der Waals surface area (Å²) in [6.45, 7) is 4.34. The number of hydrogen-bond donors (Lipinski definition) is 0. The van der Waals surface area contributed by atoms with Crippen molar-refractivity contribution in [3.05, 3.63) is 99.1 Å². The first kappa shape index (κ1) is 22.7. The van der Waals surface area contributed by atoms with Gasteiger partial charge in [-0.1, -0.05) is 0 Å². The van der Waals surface area contributed by atoms with Gasteiger partial charge in [-0.25, -0.2) is 4.39 Å². The Labute approximate surface area is 200 Å². The Balaban J connectivity index is 1.78. The van der Waals surface area contributed by atoms with E-state index in [1.807, 2.05) is 24.3 Å². The molecule has 0 bridgehead atoms. The quantitative estimate of drug-likeness (QED) is 0.335. The van der Waals surface area contributed by atoms with Crippen LogP contribution in [0.2, 0.25) is 5.02 Å². The molecule has 4 rings (SSSR count). The van der Waals surface area contributed by atoms with Crippen molar-refractivity contribution in [2.75, 3.05) is 0 Å². The molecule has 1 unspecified atom stereocenters. The van der Waals surface area contributed by atoms with Gasteiger partial charge in [0.05, 0.1) is 0 Å². The molecule has 7 heteroatoms. The van der Waals surface area contributed by atoms with E-state index in [0.29, 0.717) is 40.8 Å². The summed E-state index contributed by atoms with van der Waals surface area (Å²) in [7, 11) is 0. The summed E-state index contributed by atoms with van der Waals surface area (Å²) in [5, 5.41) is 0.648. The Morgan fingerprint density at radius 3 is 2.56 bits per heavy atom. The first-order valence-corrected chi connectivity index (χ1v) is 11.9. The van der Waals surface area contributed by atoms with E-state index in [2.05, 4.69) is 30.7 Å². The Kier molecular flexibility index (Phi) is 6.78. The van der Waals surface area contributed by atoms with Crippen LogP contribution in [-0.4, -0.2) is 31.4 Å². The molecule has 0 spiro atoms. The molecule has 32 heavy (non-hydrogen) atoms. The van der Waals surface area contributed by atoms with Crippen LogP contribution in [-0.2, 0) is 12.8 Å². The molecule has 0 fully saturated rings. The van der Waals surface area contributed by atoms with Crippen LogP contribution >= 0.6 is 11.6 Å². The van der Waals surface area contributed by atoms with Crippen molar-refractivity contribution in [1.29, 1.82) is 0 Å². The average Bonchev–Trinajstić information content (AvgIpc) is 2.78. The van der Waals surface area contributed by atoms with Gasteiger partial charge in [-0.15, -0.1) is 0 Å². The standard InChI is InChI=1S/C25H22AsClFN3O/c1-15(2)24(26)21-8-5-6-17(29-21)11-13-23-30-20-12-10-16(28)14-18(20)25(32)31(23)22-9-4-3-7-19(22)27/h3-10,12,14-15,24H,11,13H2,1-2H3. The van der Waals surface area contributed by atoms with Crippen molar-refractivity contribution >= 4 is 39.4 Å². The van der Waals surface area contributed by atoms with Gasteiger partial charge < -0.3 is 0 Å².